The normalized spacial score (nSPS) is 20.1. The van der Waals surface area contributed by atoms with Crippen molar-refractivity contribution in [3.63, 3.8) is 0 Å². The average Bonchev–Trinajstić information content (AvgIpc) is 2.30. The summed E-state index contributed by atoms with van der Waals surface area (Å²) in [7, 11) is 0. The summed E-state index contributed by atoms with van der Waals surface area (Å²) < 4.78 is 13.5. The molecule has 82 valence electrons. The van der Waals surface area contributed by atoms with Gasteiger partial charge >= 0.3 is 0 Å². The zero-order chi connectivity index (χ0) is 10.7. The first kappa shape index (κ1) is 10.6. The number of halogens is 1. The SMILES string of the molecule is N[C@@H](c1ccccc1F)C1CCCCC1. The molecule has 1 aromatic carbocycles. The third-order valence-corrected chi connectivity index (χ3v) is 3.42. The van der Waals surface area contributed by atoms with Crippen LogP contribution in [0.15, 0.2) is 24.3 Å². The Balaban J connectivity index is 2.12. The van der Waals surface area contributed by atoms with Crippen LogP contribution in [0.3, 0.4) is 0 Å². The van der Waals surface area contributed by atoms with Crippen LogP contribution in [0.5, 0.6) is 0 Å². The van der Waals surface area contributed by atoms with Gasteiger partial charge in [-0.3, -0.25) is 0 Å². The molecular formula is C13H18FN. The van der Waals surface area contributed by atoms with Crippen molar-refractivity contribution in [3.8, 4) is 0 Å². The van der Waals surface area contributed by atoms with Crippen LogP contribution in [0.1, 0.15) is 43.7 Å². The second-order valence-corrected chi connectivity index (χ2v) is 4.45. The molecule has 2 rings (SSSR count). The van der Waals surface area contributed by atoms with E-state index in [0.29, 0.717) is 11.5 Å². The fourth-order valence-corrected chi connectivity index (χ4v) is 2.49. The van der Waals surface area contributed by atoms with E-state index in [4.69, 9.17) is 5.73 Å². The molecule has 0 aromatic heterocycles. The smallest absolute Gasteiger partial charge is 0.127 e. The molecular weight excluding hydrogens is 189 g/mol. The number of hydrogen-bond acceptors (Lipinski definition) is 1. The van der Waals surface area contributed by atoms with E-state index in [9.17, 15) is 4.39 Å². The molecule has 1 saturated carbocycles. The lowest BCUT2D eigenvalue weighted by atomic mass is 9.81. The van der Waals surface area contributed by atoms with Crippen molar-refractivity contribution in [1.29, 1.82) is 0 Å². The first-order valence-corrected chi connectivity index (χ1v) is 5.79. The van der Waals surface area contributed by atoms with Gasteiger partial charge in [0.1, 0.15) is 5.82 Å². The standard InChI is InChI=1S/C13H18FN/c14-12-9-5-4-8-11(12)13(15)10-6-2-1-3-7-10/h4-5,8-10,13H,1-3,6-7,15H2/t13-/m1/s1. The van der Waals surface area contributed by atoms with E-state index in [0.717, 1.165) is 12.8 Å². The molecule has 1 atom stereocenters. The Morgan fingerprint density at radius 2 is 1.80 bits per heavy atom. The summed E-state index contributed by atoms with van der Waals surface area (Å²) in [5.41, 5.74) is 6.82. The van der Waals surface area contributed by atoms with E-state index in [2.05, 4.69) is 0 Å². The maximum Gasteiger partial charge on any atom is 0.127 e. The van der Waals surface area contributed by atoms with Crippen LogP contribution in [0.4, 0.5) is 4.39 Å². The summed E-state index contributed by atoms with van der Waals surface area (Å²) in [5.74, 6) is 0.311. The summed E-state index contributed by atoms with van der Waals surface area (Å²) in [6, 6.07) is 6.77. The van der Waals surface area contributed by atoms with Gasteiger partial charge in [-0.25, -0.2) is 4.39 Å². The van der Waals surface area contributed by atoms with Crippen molar-refractivity contribution in [1.82, 2.24) is 0 Å². The van der Waals surface area contributed by atoms with Crippen molar-refractivity contribution >= 4 is 0 Å². The lowest BCUT2D eigenvalue weighted by molar-refractivity contribution is 0.303. The second-order valence-electron chi connectivity index (χ2n) is 4.45. The molecule has 0 radical (unpaired) electrons. The van der Waals surface area contributed by atoms with Crippen LogP contribution in [-0.4, -0.2) is 0 Å². The van der Waals surface area contributed by atoms with Gasteiger partial charge in [0, 0.05) is 11.6 Å². The van der Waals surface area contributed by atoms with E-state index in [1.165, 1.54) is 25.3 Å². The topological polar surface area (TPSA) is 26.0 Å². The molecule has 0 aliphatic heterocycles. The summed E-state index contributed by atoms with van der Waals surface area (Å²) in [6.45, 7) is 0. The van der Waals surface area contributed by atoms with Crippen LogP contribution in [-0.2, 0) is 0 Å². The maximum absolute atomic E-state index is 13.5. The van der Waals surface area contributed by atoms with E-state index >= 15 is 0 Å². The number of rotatable bonds is 2. The fourth-order valence-electron chi connectivity index (χ4n) is 2.49. The van der Waals surface area contributed by atoms with Gasteiger partial charge in [0.05, 0.1) is 0 Å². The average molecular weight is 207 g/mol. The summed E-state index contributed by atoms with van der Waals surface area (Å²) in [5, 5.41) is 0. The van der Waals surface area contributed by atoms with Crippen LogP contribution < -0.4 is 5.73 Å². The molecule has 0 bridgehead atoms. The molecule has 0 spiro atoms. The predicted molar refractivity (Wildman–Crippen MR) is 59.9 cm³/mol. The number of nitrogens with two attached hydrogens (primary N) is 1. The monoisotopic (exact) mass is 207 g/mol. The van der Waals surface area contributed by atoms with E-state index in [1.54, 1.807) is 6.07 Å². The molecule has 0 unspecified atom stereocenters. The lowest BCUT2D eigenvalue weighted by Crippen LogP contribution is -2.24. The first-order chi connectivity index (χ1) is 7.29. The molecule has 1 fully saturated rings. The Bertz CT molecular complexity index is 318. The third kappa shape index (κ3) is 2.37. The summed E-state index contributed by atoms with van der Waals surface area (Å²) >= 11 is 0. The molecule has 1 aliphatic rings. The van der Waals surface area contributed by atoms with Gasteiger partial charge in [0.25, 0.3) is 0 Å². The highest BCUT2D eigenvalue weighted by molar-refractivity contribution is 5.21. The molecule has 1 aromatic rings. The molecule has 1 aliphatic carbocycles. The van der Waals surface area contributed by atoms with Crippen LogP contribution >= 0.6 is 0 Å². The zero-order valence-corrected chi connectivity index (χ0v) is 8.95. The highest BCUT2D eigenvalue weighted by Gasteiger charge is 2.23. The summed E-state index contributed by atoms with van der Waals surface area (Å²) in [6.07, 6.45) is 6.09. The highest BCUT2D eigenvalue weighted by atomic mass is 19.1. The van der Waals surface area contributed by atoms with E-state index in [1.807, 2.05) is 12.1 Å². The predicted octanol–water partition coefficient (Wildman–Crippen LogP) is 3.41. The third-order valence-electron chi connectivity index (χ3n) is 3.42. The largest absolute Gasteiger partial charge is 0.324 e. The van der Waals surface area contributed by atoms with Crippen LogP contribution in [0.2, 0.25) is 0 Å². The minimum absolute atomic E-state index is 0.119. The summed E-state index contributed by atoms with van der Waals surface area (Å²) in [4.78, 5) is 0. The van der Waals surface area contributed by atoms with Gasteiger partial charge in [0.15, 0.2) is 0 Å². The highest BCUT2D eigenvalue weighted by Crippen LogP contribution is 2.33. The van der Waals surface area contributed by atoms with Crippen LogP contribution in [0.25, 0.3) is 0 Å². The van der Waals surface area contributed by atoms with Crippen molar-refractivity contribution in [2.24, 2.45) is 11.7 Å². The van der Waals surface area contributed by atoms with Gasteiger partial charge in [-0.2, -0.15) is 0 Å². The molecule has 0 amide bonds. The van der Waals surface area contributed by atoms with E-state index < -0.39 is 0 Å². The van der Waals surface area contributed by atoms with Crippen molar-refractivity contribution in [2.45, 2.75) is 38.1 Å². The van der Waals surface area contributed by atoms with Gasteiger partial charge in [-0.15, -0.1) is 0 Å². The second kappa shape index (κ2) is 4.75. The van der Waals surface area contributed by atoms with Crippen molar-refractivity contribution in [3.05, 3.63) is 35.6 Å². The van der Waals surface area contributed by atoms with Gasteiger partial charge < -0.3 is 5.73 Å². The number of benzene rings is 1. The Morgan fingerprint density at radius 1 is 1.13 bits per heavy atom. The van der Waals surface area contributed by atoms with E-state index in [-0.39, 0.29) is 11.9 Å². The molecule has 1 nitrogen and oxygen atoms in total. The van der Waals surface area contributed by atoms with Crippen LogP contribution in [0, 0.1) is 11.7 Å². The number of hydrogen-bond donors (Lipinski definition) is 1. The molecule has 2 heteroatoms. The minimum Gasteiger partial charge on any atom is -0.324 e. The zero-order valence-electron chi connectivity index (χ0n) is 8.95. The van der Waals surface area contributed by atoms with Gasteiger partial charge in [-0.05, 0) is 24.8 Å². The lowest BCUT2D eigenvalue weighted by Gasteiger charge is -2.27. The Hall–Kier alpha value is -0.890. The Kier molecular flexibility index (Phi) is 3.37. The first-order valence-electron chi connectivity index (χ1n) is 5.79. The molecule has 0 saturated heterocycles. The fraction of sp³-hybridized carbons (Fsp3) is 0.538. The van der Waals surface area contributed by atoms with Crippen molar-refractivity contribution in [2.75, 3.05) is 0 Å². The Morgan fingerprint density at radius 3 is 2.47 bits per heavy atom. The van der Waals surface area contributed by atoms with Crippen molar-refractivity contribution < 1.29 is 4.39 Å². The molecule has 0 heterocycles. The molecule has 15 heavy (non-hydrogen) atoms. The minimum atomic E-state index is -0.157. The van der Waals surface area contributed by atoms with Gasteiger partial charge in [0.2, 0.25) is 0 Å². The Labute approximate surface area is 90.5 Å². The quantitative estimate of drug-likeness (QED) is 0.790. The maximum atomic E-state index is 13.5. The molecule has 2 N–H and O–H groups in total. The van der Waals surface area contributed by atoms with Gasteiger partial charge in [-0.1, -0.05) is 37.5 Å².